The number of hydrogen-bond acceptors (Lipinski definition) is 4. The fraction of sp³-hybridized carbons (Fsp3) is 0.0833. The van der Waals surface area contributed by atoms with Crippen molar-refractivity contribution in [3.05, 3.63) is 41.3 Å². The van der Waals surface area contributed by atoms with Crippen molar-refractivity contribution in [2.75, 3.05) is 5.73 Å². The Balaban J connectivity index is 2.31. The van der Waals surface area contributed by atoms with Crippen LogP contribution in [0.4, 0.5) is 5.95 Å². The molecule has 0 amide bonds. The van der Waals surface area contributed by atoms with E-state index in [0.717, 1.165) is 16.6 Å². The second-order valence-electron chi connectivity index (χ2n) is 4.02. The summed E-state index contributed by atoms with van der Waals surface area (Å²) in [6.45, 7) is 2.02. The maximum absolute atomic E-state index is 6.11. The Bertz CT molecular complexity index is 734. The zero-order valence-corrected chi connectivity index (χ0v) is 10.4. The van der Waals surface area contributed by atoms with Crippen molar-refractivity contribution in [2.24, 2.45) is 0 Å². The molecule has 2 N–H and O–H groups in total. The Hall–Kier alpha value is -2.14. The molecule has 90 valence electrons. The molecule has 3 heterocycles. The number of anilines is 1. The highest BCUT2D eigenvalue weighted by atomic mass is 35.5. The van der Waals surface area contributed by atoms with Crippen LogP contribution in [0.3, 0.4) is 0 Å². The summed E-state index contributed by atoms with van der Waals surface area (Å²) in [5, 5.41) is 4.72. The lowest BCUT2D eigenvalue weighted by atomic mass is 10.1. The van der Waals surface area contributed by atoms with Gasteiger partial charge in [-0.1, -0.05) is 11.6 Å². The molecule has 0 aromatic carbocycles. The van der Waals surface area contributed by atoms with Crippen molar-refractivity contribution < 1.29 is 0 Å². The summed E-state index contributed by atoms with van der Waals surface area (Å²) in [4.78, 5) is 8.03. The van der Waals surface area contributed by atoms with Crippen LogP contribution in [-0.4, -0.2) is 19.6 Å². The van der Waals surface area contributed by atoms with E-state index in [4.69, 9.17) is 17.3 Å². The van der Waals surface area contributed by atoms with Crippen LogP contribution in [0.5, 0.6) is 0 Å². The Kier molecular flexibility index (Phi) is 2.41. The summed E-state index contributed by atoms with van der Waals surface area (Å²) in [6, 6.07) is 4.01. The summed E-state index contributed by atoms with van der Waals surface area (Å²) in [5.41, 5.74) is 9.13. The molecule has 6 heteroatoms. The largest absolute Gasteiger partial charge is 0.368 e. The van der Waals surface area contributed by atoms with E-state index in [1.165, 1.54) is 6.20 Å². The number of aryl methyl sites for hydroxylation is 1. The molecule has 0 bridgehead atoms. The van der Waals surface area contributed by atoms with Gasteiger partial charge in [-0.05, 0) is 24.6 Å². The van der Waals surface area contributed by atoms with Crippen LogP contribution in [0.25, 0.3) is 16.8 Å². The molecule has 18 heavy (non-hydrogen) atoms. The molecule has 0 aliphatic heterocycles. The van der Waals surface area contributed by atoms with E-state index in [9.17, 15) is 0 Å². The van der Waals surface area contributed by atoms with Gasteiger partial charge in [0.2, 0.25) is 5.95 Å². The van der Waals surface area contributed by atoms with E-state index in [-0.39, 0.29) is 5.95 Å². The Morgan fingerprint density at radius 1 is 1.33 bits per heavy atom. The topological polar surface area (TPSA) is 69.1 Å². The predicted molar refractivity (Wildman–Crippen MR) is 70.4 cm³/mol. The van der Waals surface area contributed by atoms with Crippen LogP contribution in [0.1, 0.15) is 5.56 Å². The third kappa shape index (κ3) is 1.69. The number of nitrogen functional groups attached to an aromatic ring is 1. The van der Waals surface area contributed by atoms with E-state index >= 15 is 0 Å². The van der Waals surface area contributed by atoms with Crippen molar-refractivity contribution in [2.45, 2.75) is 6.92 Å². The van der Waals surface area contributed by atoms with Gasteiger partial charge in [0.1, 0.15) is 0 Å². The minimum atomic E-state index is 0.196. The van der Waals surface area contributed by atoms with Crippen LogP contribution >= 0.6 is 11.6 Å². The molecule has 0 spiro atoms. The first-order valence-corrected chi connectivity index (χ1v) is 5.75. The average Bonchev–Trinajstić information content (AvgIpc) is 2.75. The number of nitrogens with zero attached hydrogens (tertiary/aromatic N) is 4. The van der Waals surface area contributed by atoms with E-state index in [0.29, 0.717) is 10.7 Å². The maximum Gasteiger partial charge on any atom is 0.220 e. The van der Waals surface area contributed by atoms with Gasteiger partial charge in [0.05, 0.1) is 28.6 Å². The van der Waals surface area contributed by atoms with E-state index in [1.807, 2.05) is 25.3 Å². The molecule has 3 aromatic rings. The Morgan fingerprint density at radius 2 is 2.17 bits per heavy atom. The van der Waals surface area contributed by atoms with Crippen LogP contribution in [0, 0.1) is 6.92 Å². The second kappa shape index (κ2) is 3.96. The monoisotopic (exact) mass is 259 g/mol. The first-order chi connectivity index (χ1) is 8.65. The number of fused-ring (bicyclic) bond motifs is 1. The third-order valence-corrected chi connectivity index (χ3v) is 2.97. The molecule has 0 fully saturated rings. The Labute approximate surface area is 108 Å². The van der Waals surface area contributed by atoms with Gasteiger partial charge in [-0.15, -0.1) is 0 Å². The molecule has 5 nitrogen and oxygen atoms in total. The van der Waals surface area contributed by atoms with Crippen molar-refractivity contribution in [3.63, 3.8) is 0 Å². The minimum absolute atomic E-state index is 0.196. The fourth-order valence-corrected chi connectivity index (χ4v) is 2.03. The molecule has 0 saturated carbocycles. The van der Waals surface area contributed by atoms with E-state index in [1.54, 1.807) is 10.7 Å². The lowest BCUT2D eigenvalue weighted by Crippen LogP contribution is -1.96. The van der Waals surface area contributed by atoms with Crippen LogP contribution in [-0.2, 0) is 0 Å². The van der Waals surface area contributed by atoms with Crippen LogP contribution < -0.4 is 5.73 Å². The first kappa shape index (κ1) is 11.0. The molecule has 3 rings (SSSR count). The first-order valence-electron chi connectivity index (χ1n) is 5.37. The van der Waals surface area contributed by atoms with Gasteiger partial charge in [-0.3, -0.25) is 0 Å². The van der Waals surface area contributed by atoms with Gasteiger partial charge in [-0.2, -0.15) is 5.10 Å². The number of aromatic nitrogens is 4. The maximum atomic E-state index is 6.11. The van der Waals surface area contributed by atoms with Gasteiger partial charge in [0.25, 0.3) is 0 Å². The number of hydrogen-bond donors (Lipinski definition) is 1. The van der Waals surface area contributed by atoms with Crippen molar-refractivity contribution in [1.82, 2.24) is 19.6 Å². The zero-order chi connectivity index (χ0) is 12.7. The molecule has 0 saturated heterocycles. The standard InChI is InChI=1S/C12H10ClN5/c1-7-2-3-18-10(4-7)8(5-16-18)11-9(13)6-15-12(14)17-11/h2-6H,1H3,(H2,14,15,17). The SMILES string of the molecule is Cc1ccn2ncc(-c3nc(N)ncc3Cl)c2c1. The normalized spacial score (nSPS) is 11.0. The fourth-order valence-electron chi connectivity index (χ4n) is 1.84. The molecular weight excluding hydrogens is 250 g/mol. The average molecular weight is 260 g/mol. The number of rotatable bonds is 1. The number of pyridine rings is 1. The third-order valence-electron chi connectivity index (χ3n) is 2.69. The molecule has 3 aromatic heterocycles. The highest BCUT2D eigenvalue weighted by Gasteiger charge is 2.12. The lowest BCUT2D eigenvalue weighted by Gasteiger charge is -2.02. The molecule has 0 unspecified atom stereocenters. The highest BCUT2D eigenvalue weighted by molar-refractivity contribution is 6.33. The van der Waals surface area contributed by atoms with Gasteiger partial charge < -0.3 is 5.73 Å². The van der Waals surface area contributed by atoms with Crippen molar-refractivity contribution in [1.29, 1.82) is 0 Å². The van der Waals surface area contributed by atoms with E-state index < -0.39 is 0 Å². The molecule has 0 aliphatic rings. The quantitative estimate of drug-likeness (QED) is 0.728. The molecule has 0 aliphatic carbocycles. The summed E-state index contributed by atoms with van der Waals surface area (Å²) in [5.74, 6) is 0.196. The number of halogens is 1. The zero-order valence-electron chi connectivity index (χ0n) is 9.63. The summed E-state index contributed by atoms with van der Waals surface area (Å²) < 4.78 is 1.77. The van der Waals surface area contributed by atoms with Gasteiger partial charge in [0, 0.05) is 11.8 Å². The summed E-state index contributed by atoms with van der Waals surface area (Å²) >= 11 is 6.11. The van der Waals surface area contributed by atoms with E-state index in [2.05, 4.69) is 15.1 Å². The lowest BCUT2D eigenvalue weighted by molar-refractivity contribution is 0.958. The molecular formula is C12H10ClN5. The highest BCUT2D eigenvalue weighted by Crippen LogP contribution is 2.29. The smallest absolute Gasteiger partial charge is 0.220 e. The predicted octanol–water partition coefficient (Wildman–Crippen LogP) is 2.34. The van der Waals surface area contributed by atoms with Crippen LogP contribution in [0.15, 0.2) is 30.7 Å². The summed E-state index contributed by atoms with van der Waals surface area (Å²) in [7, 11) is 0. The summed E-state index contributed by atoms with van der Waals surface area (Å²) in [6.07, 6.45) is 5.12. The van der Waals surface area contributed by atoms with Crippen LogP contribution in [0.2, 0.25) is 5.02 Å². The minimum Gasteiger partial charge on any atom is -0.368 e. The van der Waals surface area contributed by atoms with Gasteiger partial charge in [-0.25, -0.2) is 14.5 Å². The second-order valence-corrected chi connectivity index (χ2v) is 4.42. The van der Waals surface area contributed by atoms with Crippen molar-refractivity contribution in [3.8, 4) is 11.3 Å². The Morgan fingerprint density at radius 3 is 3.00 bits per heavy atom. The molecule has 0 radical (unpaired) electrons. The van der Waals surface area contributed by atoms with Gasteiger partial charge >= 0.3 is 0 Å². The van der Waals surface area contributed by atoms with Crippen molar-refractivity contribution >= 4 is 23.1 Å². The number of nitrogens with two attached hydrogens (primary N) is 1. The van der Waals surface area contributed by atoms with Gasteiger partial charge in [0.15, 0.2) is 0 Å². The molecule has 0 atom stereocenters.